The van der Waals surface area contributed by atoms with Crippen molar-refractivity contribution in [3.63, 3.8) is 0 Å². The van der Waals surface area contributed by atoms with Crippen molar-refractivity contribution in [2.75, 3.05) is 13.1 Å². The highest BCUT2D eigenvalue weighted by Crippen LogP contribution is 2.25. The number of ether oxygens (including phenoxy) is 1. The molecular weight excluding hydrogens is 446 g/mol. The summed E-state index contributed by atoms with van der Waals surface area (Å²) in [7, 11) is -3.62. The van der Waals surface area contributed by atoms with E-state index in [-0.39, 0.29) is 24.0 Å². The number of esters is 1. The van der Waals surface area contributed by atoms with Gasteiger partial charge in [0.15, 0.2) is 6.10 Å². The predicted molar refractivity (Wildman–Crippen MR) is 122 cm³/mol. The Morgan fingerprint density at radius 2 is 1.61 bits per heavy atom. The summed E-state index contributed by atoms with van der Waals surface area (Å²) in [6.45, 7) is 3.69. The lowest BCUT2D eigenvalue weighted by molar-refractivity contribution is -0.159. The Morgan fingerprint density at radius 3 is 2.21 bits per heavy atom. The van der Waals surface area contributed by atoms with Gasteiger partial charge in [-0.2, -0.15) is 4.31 Å². The number of rotatable bonds is 6. The number of carbonyl (C=O) groups excluding carboxylic acids is 3. The standard InChI is InChI=1S/C23H33N3O6S/c1-16-8-10-20(11-9-16)33(30,31)26-14-12-18(13-15-26)22(28)32-17(2)21(27)25-23(29)24-19-6-4-3-5-7-19/h8-11,17-19H,3-7,12-15H2,1-2H3,(H2,24,25,27,29). The molecule has 2 fully saturated rings. The van der Waals surface area contributed by atoms with Crippen molar-refractivity contribution < 1.29 is 27.5 Å². The van der Waals surface area contributed by atoms with E-state index in [2.05, 4.69) is 10.6 Å². The second-order valence-electron chi connectivity index (χ2n) is 8.87. The van der Waals surface area contributed by atoms with Gasteiger partial charge in [-0.3, -0.25) is 14.9 Å². The number of urea groups is 1. The van der Waals surface area contributed by atoms with Crippen molar-refractivity contribution in [1.82, 2.24) is 14.9 Å². The average Bonchev–Trinajstić information content (AvgIpc) is 2.80. The van der Waals surface area contributed by atoms with Crippen molar-refractivity contribution in [2.24, 2.45) is 5.92 Å². The Morgan fingerprint density at radius 1 is 1.00 bits per heavy atom. The molecule has 1 unspecified atom stereocenters. The summed E-state index contributed by atoms with van der Waals surface area (Å²) in [5.74, 6) is -1.74. The van der Waals surface area contributed by atoms with Gasteiger partial charge in [-0.1, -0.05) is 37.0 Å². The maximum atomic E-state index is 12.8. The Hall–Kier alpha value is -2.46. The normalized spacial score (nSPS) is 19.5. The number of carbonyl (C=O) groups is 3. The summed E-state index contributed by atoms with van der Waals surface area (Å²) >= 11 is 0. The van der Waals surface area contributed by atoms with Gasteiger partial charge in [-0.25, -0.2) is 13.2 Å². The first kappa shape index (κ1) is 25.2. The van der Waals surface area contributed by atoms with E-state index < -0.39 is 40.0 Å². The third-order valence-electron chi connectivity index (χ3n) is 6.29. The largest absolute Gasteiger partial charge is 0.452 e. The molecule has 33 heavy (non-hydrogen) atoms. The fourth-order valence-electron chi connectivity index (χ4n) is 4.20. The Bertz CT molecular complexity index is 949. The third kappa shape index (κ3) is 6.77. The quantitative estimate of drug-likeness (QED) is 0.605. The Kier molecular flexibility index (Phi) is 8.47. The van der Waals surface area contributed by atoms with Crippen molar-refractivity contribution in [1.29, 1.82) is 0 Å². The van der Waals surface area contributed by atoms with E-state index >= 15 is 0 Å². The molecule has 0 radical (unpaired) electrons. The van der Waals surface area contributed by atoms with Crippen molar-refractivity contribution in [3.8, 4) is 0 Å². The van der Waals surface area contributed by atoms with Crippen LogP contribution in [-0.2, 0) is 24.3 Å². The molecule has 3 amide bonds. The van der Waals surface area contributed by atoms with Gasteiger partial charge in [0.2, 0.25) is 10.0 Å². The number of nitrogens with one attached hydrogen (secondary N) is 2. The van der Waals surface area contributed by atoms with Gasteiger partial charge < -0.3 is 10.1 Å². The number of amides is 3. The molecule has 1 aromatic carbocycles. The number of sulfonamides is 1. The average molecular weight is 480 g/mol. The van der Waals surface area contributed by atoms with Crippen LogP contribution in [0, 0.1) is 12.8 Å². The van der Waals surface area contributed by atoms with E-state index in [1.165, 1.54) is 11.2 Å². The van der Waals surface area contributed by atoms with Crippen LogP contribution in [0.1, 0.15) is 57.4 Å². The third-order valence-corrected chi connectivity index (χ3v) is 8.20. The van der Waals surface area contributed by atoms with Gasteiger partial charge in [0.05, 0.1) is 10.8 Å². The molecule has 1 aliphatic heterocycles. The fraction of sp³-hybridized carbons (Fsp3) is 0.609. The zero-order chi connectivity index (χ0) is 24.0. The lowest BCUT2D eigenvalue weighted by atomic mass is 9.96. The summed E-state index contributed by atoms with van der Waals surface area (Å²) < 4.78 is 32.2. The first-order chi connectivity index (χ1) is 15.7. The minimum Gasteiger partial charge on any atom is -0.452 e. The highest BCUT2D eigenvalue weighted by Gasteiger charge is 2.34. The van der Waals surface area contributed by atoms with Crippen LogP contribution in [0.15, 0.2) is 29.2 Å². The molecule has 3 rings (SSSR count). The summed E-state index contributed by atoms with van der Waals surface area (Å²) in [6, 6.07) is 6.14. The minimum absolute atomic E-state index is 0.0609. The first-order valence-corrected chi connectivity index (χ1v) is 13.0. The predicted octanol–water partition coefficient (Wildman–Crippen LogP) is 2.49. The van der Waals surface area contributed by atoms with Crippen LogP contribution in [0.25, 0.3) is 0 Å². The van der Waals surface area contributed by atoms with Gasteiger partial charge in [0.1, 0.15) is 0 Å². The highest BCUT2D eigenvalue weighted by atomic mass is 32.2. The van der Waals surface area contributed by atoms with Gasteiger partial charge in [0, 0.05) is 19.1 Å². The molecule has 0 bridgehead atoms. The van der Waals surface area contributed by atoms with Crippen molar-refractivity contribution in [2.45, 2.75) is 75.8 Å². The van der Waals surface area contributed by atoms with E-state index in [4.69, 9.17) is 4.74 Å². The molecule has 1 heterocycles. The Labute approximate surface area is 195 Å². The molecule has 1 aliphatic carbocycles. The summed E-state index contributed by atoms with van der Waals surface area (Å²) in [5, 5.41) is 5.01. The number of benzene rings is 1. The summed E-state index contributed by atoms with van der Waals surface area (Å²) in [5.41, 5.74) is 0.972. The number of nitrogens with zero attached hydrogens (tertiary/aromatic N) is 1. The van der Waals surface area contributed by atoms with Crippen LogP contribution in [-0.4, -0.2) is 55.9 Å². The smallest absolute Gasteiger partial charge is 0.321 e. The van der Waals surface area contributed by atoms with Crippen LogP contribution >= 0.6 is 0 Å². The van der Waals surface area contributed by atoms with E-state index in [0.29, 0.717) is 12.8 Å². The van der Waals surface area contributed by atoms with E-state index in [9.17, 15) is 22.8 Å². The highest BCUT2D eigenvalue weighted by molar-refractivity contribution is 7.89. The maximum absolute atomic E-state index is 12.8. The summed E-state index contributed by atoms with van der Waals surface area (Å²) in [6.07, 6.45) is 4.54. The van der Waals surface area contributed by atoms with Crippen LogP contribution < -0.4 is 10.6 Å². The zero-order valence-electron chi connectivity index (χ0n) is 19.2. The lowest BCUT2D eigenvalue weighted by Crippen LogP contribution is -2.48. The Balaban J connectivity index is 1.44. The molecule has 1 saturated carbocycles. The van der Waals surface area contributed by atoms with E-state index in [1.807, 2.05) is 6.92 Å². The fourth-order valence-corrected chi connectivity index (χ4v) is 5.67. The second kappa shape index (κ2) is 11.1. The summed E-state index contributed by atoms with van der Waals surface area (Å²) in [4.78, 5) is 37.0. The molecule has 182 valence electrons. The zero-order valence-corrected chi connectivity index (χ0v) is 20.0. The number of piperidine rings is 1. The molecule has 1 aromatic rings. The molecule has 9 nitrogen and oxygen atoms in total. The lowest BCUT2D eigenvalue weighted by Gasteiger charge is -2.30. The van der Waals surface area contributed by atoms with Gasteiger partial charge in [-0.15, -0.1) is 0 Å². The van der Waals surface area contributed by atoms with Crippen LogP contribution in [0.4, 0.5) is 4.79 Å². The topological polar surface area (TPSA) is 122 Å². The second-order valence-corrected chi connectivity index (χ2v) is 10.8. The number of hydrogen-bond acceptors (Lipinski definition) is 6. The van der Waals surface area contributed by atoms with Crippen LogP contribution in [0.3, 0.4) is 0 Å². The monoisotopic (exact) mass is 479 g/mol. The molecular formula is C23H33N3O6S. The van der Waals surface area contributed by atoms with Gasteiger partial charge in [0.25, 0.3) is 5.91 Å². The van der Waals surface area contributed by atoms with Crippen LogP contribution in [0.5, 0.6) is 0 Å². The maximum Gasteiger partial charge on any atom is 0.321 e. The molecule has 1 saturated heterocycles. The number of aryl methyl sites for hydroxylation is 1. The molecule has 0 spiro atoms. The molecule has 2 N–H and O–H groups in total. The van der Waals surface area contributed by atoms with Crippen LogP contribution in [0.2, 0.25) is 0 Å². The first-order valence-electron chi connectivity index (χ1n) is 11.6. The van der Waals surface area contributed by atoms with Gasteiger partial charge >= 0.3 is 12.0 Å². The number of imide groups is 1. The van der Waals surface area contributed by atoms with E-state index in [1.54, 1.807) is 24.3 Å². The van der Waals surface area contributed by atoms with Gasteiger partial charge in [-0.05, 0) is 51.7 Å². The number of hydrogen-bond donors (Lipinski definition) is 2. The van der Waals surface area contributed by atoms with E-state index in [0.717, 1.165) is 37.7 Å². The molecule has 0 aromatic heterocycles. The minimum atomic E-state index is -3.62. The molecule has 2 aliphatic rings. The molecule has 10 heteroatoms. The SMILES string of the molecule is Cc1ccc(S(=O)(=O)N2CCC(C(=O)OC(C)C(=O)NC(=O)NC3CCCCC3)CC2)cc1. The van der Waals surface area contributed by atoms with Crippen molar-refractivity contribution in [3.05, 3.63) is 29.8 Å². The van der Waals surface area contributed by atoms with Crippen molar-refractivity contribution >= 4 is 27.9 Å². The molecule has 1 atom stereocenters.